The number of hydrogen-bond donors (Lipinski definition) is 2. The smallest absolute Gasteiger partial charge is 0.191 e. The number of nitrogens with zero attached hydrogens (tertiary/aromatic N) is 1. The fraction of sp³-hybridized carbons (Fsp3) is 0.632. The van der Waals surface area contributed by atoms with Crippen LogP contribution >= 0.6 is 24.0 Å². The van der Waals surface area contributed by atoms with Gasteiger partial charge in [-0.2, -0.15) is 0 Å². The van der Waals surface area contributed by atoms with Crippen molar-refractivity contribution in [3.63, 3.8) is 0 Å². The first-order valence-corrected chi connectivity index (χ1v) is 8.73. The number of aliphatic imine (C=N–C) groups is 1. The van der Waals surface area contributed by atoms with E-state index in [2.05, 4.69) is 62.6 Å². The molecule has 136 valence electrons. The van der Waals surface area contributed by atoms with Gasteiger partial charge in [0.15, 0.2) is 5.96 Å². The van der Waals surface area contributed by atoms with Gasteiger partial charge in [-0.05, 0) is 37.8 Å². The Hall–Kier alpha value is -0.820. The van der Waals surface area contributed by atoms with Crippen LogP contribution in [0.2, 0.25) is 0 Å². The van der Waals surface area contributed by atoms with Crippen LogP contribution in [-0.2, 0) is 10.2 Å². The largest absolute Gasteiger partial charge is 0.376 e. The van der Waals surface area contributed by atoms with Crippen molar-refractivity contribution in [3.05, 3.63) is 35.4 Å². The van der Waals surface area contributed by atoms with Gasteiger partial charge in [0.2, 0.25) is 0 Å². The molecule has 0 aliphatic carbocycles. The maximum atomic E-state index is 5.67. The van der Waals surface area contributed by atoms with Gasteiger partial charge in [-0.25, -0.2) is 0 Å². The second kappa shape index (κ2) is 10.2. The summed E-state index contributed by atoms with van der Waals surface area (Å²) in [5.74, 6) is 0.879. The minimum Gasteiger partial charge on any atom is -0.376 e. The summed E-state index contributed by atoms with van der Waals surface area (Å²) in [6.07, 6.45) is 2.63. The molecule has 0 saturated carbocycles. The molecule has 1 unspecified atom stereocenters. The standard InChI is InChI=1S/C19H31N3O.HI/c1-5-20-18(21-13-16-10-8-12-23-16)22-14-19(3,4)17-11-7-6-9-15(17)2;/h6-7,9,11,16H,5,8,10,12-14H2,1-4H3,(H2,20,21,22);1H. The summed E-state index contributed by atoms with van der Waals surface area (Å²) >= 11 is 0. The van der Waals surface area contributed by atoms with Crippen LogP contribution in [0.15, 0.2) is 29.3 Å². The van der Waals surface area contributed by atoms with E-state index in [0.717, 1.165) is 38.6 Å². The fourth-order valence-corrected chi connectivity index (χ4v) is 3.05. The van der Waals surface area contributed by atoms with Gasteiger partial charge in [-0.3, -0.25) is 4.99 Å². The van der Waals surface area contributed by atoms with E-state index >= 15 is 0 Å². The van der Waals surface area contributed by atoms with E-state index in [4.69, 9.17) is 9.73 Å². The minimum absolute atomic E-state index is 0. The third kappa shape index (κ3) is 6.24. The topological polar surface area (TPSA) is 45.7 Å². The Labute approximate surface area is 163 Å². The van der Waals surface area contributed by atoms with Crippen molar-refractivity contribution >= 4 is 29.9 Å². The number of nitrogens with one attached hydrogen (secondary N) is 2. The summed E-state index contributed by atoms with van der Waals surface area (Å²) in [5.41, 5.74) is 2.70. The van der Waals surface area contributed by atoms with Gasteiger partial charge in [0.05, 0.1) is 12.6 Å². The van der Waals surface area contributed by atoms with Gasteiger partial charge in [0.1, 0.15) is 0 Å². The molecule has 1 aromatic rings. The van der Waals surface area contributed by atoms with Crippen molar-refractivity contribution in [1.29, 1.82) is 0 Å². The molecule has 0 aromatic heterocycles. The zero-order valence-corrected chi connectivity index (χ0v) is 17.7. The maximum Gasteiger partial charge on any atom is 0.191 e. The highest BCUT2D eigenvalue weighted by atomic mass is 127. The average molecular weight is 445 g/mol. The summed E-state index contributed by atoms with van der Waals surface area (Å²) in [5, 5.41) is 6.74. The fourth-order valence-electron chi connectivity index (χ4n) is 3.05. The van der Waals surface area contributed by atoms with Crippen LogP contribution in [-0.4, -0.2) is 38.3 Å². The molecule has 1 aromatic carbocycles. The number of guanidine groups is 1. The van der Waals surface area contributed by atoms with Gasteiger partial charge in [0.25, 0.3) is 0 Å². The zero-order valence-electron chi connectivity index (χ0n) is 15.4. The molecule has 0 radical (unpaired) electrons. The van der Waals surface area contributed by atoms with Gasteiger partial charge >= 0.3 is 0 Å². The molecular weight excluding hydrogens is 413 g/mol. The van der Waals surface area contributed by atoms with Crippen LogP contribution < -0.4 is 10.6 Å². The normalized spacial score (nSPS) is 18.2. The quantitative estimate of drug-likeness (QED) is 0.400. The Morgan fingerprint density at radius 3 is 2.67 bits per heavy atom. The Bertz CT molecular complexity index is 525. The van der Waals surface area contributed by atoms with E-state index in [-0.39, 0.29) is 29.4 Å². The van der Waals surface area contributed by atoms with Crippen molar-refractivity contribution in [1.82, 2.24) is 10.6 Å². The molecular formula is C19H32IN3O. The van der Waals surface area contributed by atoms with Crippen LogP contribution in [0, 0.1) is 6.92 Å². The Morgan fingerprint density at radius 1 is 1.29 bits per heavy atom. The Morgan fingerprint density at radius 2 is 2.04 bits per heavy atom. The lowest BCUT2D eigenvalue weighted by molar-refractivity contribution is 0.114. The molecule has 5 heteroatoms. The molecule has 0 bridgehead atoms. The number of rotatable bonds is 6. The highest BCUT2D eigenvalue weighted by Gasteiger charge is 2.22. The van der Waals surface area contributed by atoms with E-state index in [1.54, 1.807) is 0 Å². The van der Waals surface area contributed by atoms with E-state index in [1.165, 1.54) is 17.5 Å². The van der Waals surface area contributed by atoms with Crippen LogP contribution in [0.3, 0.4) is 0 Å². The van der Waals surface area contributed by atoms with Crippen molar-refractivity contribution in [2.75, 3.05) is 26.2 Å². The van der Waals surface area contributed by atoms with Gasteiger partial charge in [0, 0.05) is 25.1 Å². The predicted molar refractivity (Wildman–Crippen MR) is 113 cm³/mol. The second-order valence-corrected chi connectivity index (χ2v) is 6.91. The Kier molecular flexibility index (Phi) is 9.05. The highest BCUT2D eigenvalue weighted by Crippen LogP contribution is 2.26. The number of aryl methyl sites for hydroxylation is 1. The van der Waals surface area contributed by atoms with Crippen LogP contribution in [0.1, 0.15) is 44.7 Å². The first-order valence-electron chi connectivity index (χ1n) is 8.73. The lowest BCUT2D eigenvalue weighted by atomic mass is 9.82. The SMILES string of the molecule is CCNC(=NCC(C)(C)c1ccccc1C)NCC1CCCO1.I. The molecule has 1 aliphatic heterocycles. The van der Waals surface area contributed by atoms with Crippen molar-refractivity contribution in [3.8, 4) is 0 Å². The van der Waals surface area contributed by atoms with Crippen LogP contribution in [0.4, 0.5) is 0 Å². The molecule has 1 aliphatic rings. The molecule has 24 heavy (non-hydrogen) atoms. The van der Waals surface area contributed by atoms with Crippen molar-refractivity contribution < 1.29 is 4.74 Å². The molecule has 0 amide bonds. The average Bonchev–Trinajstić information content (AvgIpc) is 3.04. The van der Waals surface area contributed by atoms with E-state index in [0.29, 0.717) is 6.10 Å². The molecule has 1 fully saturated rings. The van der Waals surface area contributed by atoms with Crippen LogP contribution in [0.25, 0.3) is 0 Å². The summed E-state index contributed by atoms with van der Waals surface area (Å²) in [4.78, 5) is 4.80. The highest BCUT2D eigenvalue weighted by molar-refractivity contribution is 14.0. The lowest BCUT2D eigenvalue weighted by Gasteiger charge is -2.26. The van der Waals surface area contributed by atoms with Gasteiger partial charge < -0.3 is 15.4 Å². The first-order chi connectivity index (χ1) is 11.0. The monoisotopic (exact) mass is 445 g/mol. The van der Waals surface area contributed by atoms with Crippen molar-refractivity contribution in [2.24, 2.45) is 4.99 Å². The van der Waals surface area contributed by atoms with E-state index in [1.807, 2.05) is 0 Å². The molecule has 2 rings (SSSR count). The third-order valence-corrected chi connectivity index (χ3v) is 4.37. The molecule has 1 heterocycles. The number of benzene rings is 1. The van der Waals surface area contributed by atoms with E-state index in [9.17, 15) is 0 Å². The second-order valence-electron chi connectivity index (χ2n) is 6.91. The number of halogens is 1. The van der Waals surface area contributed by atoms with Gasteiger partial charge in [-0.1, -0.05) is 38.1 Å². The minimum atomic E-state index is 0. The third-order valence-electron chi connectivity index (χ3n) is 4.37. The number of hydrogen-bond acceptors (Lipinski definition) is 2. The molecule has 4 nitrogen and oxygen atoms in total. The van der Waals surface area contributed by atoms with Gasteiger partial charge in [-0.15, -0.1) is 24.0 Å². The zero-order chi connectivity index (χ0) is 16.7. The molecule has 0 spiro atoms. The van der Waals surface area contributed by atoms with Crippen molar-refractivity contribution in [2.45, 2.75) is 52.1 Å². The van der Waals surface area contributed by atoms with Crippen LogP contribution in [0.5, 0.6) is 0 Å². The van der Waals surface area contributed by atoms with E-state index < -0.39 is 0 Å². The molecule has 1 atom stereocenters. The summed E-state index contributed by atoms with van der Waals surface area (Å²) < 4.78 is 5.67. The summed E-state index contributed by atoms with van der Waals surface area (Å²) in [6.45, 7) is 12.1. The Balaban J connectivity index is 0.00000288. The molecule has 1 saturated heterocycles. The first kappa shape index (κ1) is 21.2. The predicted octanol–water partition coefficient (Wildman–Crippen LogP) is 3.62. The summed E-state index contributed by atoms with van der Waals surface area (Å²) in [7, 11) is 0. The molecule has 2 N–H and O–H groups in total. The summed E-state index contributed by atoms with van der Waals surface area (Å²) in [6, 6.07) is 8.57. The lowest BCUT2D eigenvalue weighted by Crippen LogP contribution is -2.41. The maximum absolute atomic E-state index is 5.67. The number of ether oxygens (including phenoxy) is 1.